The highest BCUT2D eigenvalue weighted by atomic mass is 19.1. The molecule has 0 saturated carbocycles. The number of aliphatic hydroxyl groups excluding tert-OH is 1. The van der Waals surface area contributed by atoms with Crippen molar-refractivity contribution in [2.75, 3.05) is 19.6 Å². The summed E-state index contributed by atoms with van der Waals surface area (Å²) in [6.07, 6.45) is 1.15. The molecule has 0 radical (unpaired) electrons. The first kappa shape index (κ1) is 17.1. The van der Waals surface area contributed by atoms with E-state index in [4.69, 9.17) is 0 Å². The van der Waals surface area contributed by atoms with Crippen molar-refractivity contribution in [1.82, 2.24) is 9.88 Å². The van der Waals surface area contributed by atoms with Gasteiger partial charge in [0.2, 0.25) is 0 Å². The topological polar surface area (TPSA) is 36.4 Å². The molecular formula is C16H27FN2O. The van der Waals surface area contributed by atoms with E-state index in [0.29, 0.717) is 24.0 Å². The quantitative estimate of drug-likeness (QED) is 0.795. The van der Waals surface area contributed by atoms with Crippen molar-refractivity contribution in [3.8, 4) is 0 Å². The van der Waals surface area contributed by atoms with Crippen molar-refractivity contribution in [2.24, 2.45) is 11.8 Å². The molecule has 0 saturated heterocycles. The van der Waals surface area contributed by atoms with Crippen LogP contribution in [0.25, 0.3) is 0 Å². The number of aromatic nitrogens is 1. The van der Waals surface area contributed by atoms with Gasteiger partial charge >= 0.3 is 0 Å². The number of pyridine rings is 1. The third-order valence-corrected chi connectivity index (χ3v) is 3.06. The summed E-state index contributed by atoms with van der Waals surface area (Å²) in [5, 5.41) is 10.1. The van der Waals surface area contributed by atoms with Crippen LogP contribution < -0.4 is 0 Å². The molecule has 0 amide bonds. The van der Waals surface area contributed by atoms with E-state index in [0.717, 1.165) is 25.8 Å². The Bertz CT molecular complexity index is 369. The molecule has 1 aromatic heterocycles. The van der Waals surface area contributed by atoms with Crippen LogP contribution >= 0.6 is 0 Å². The minimum absolute atomic E-state index is 0.373. The zero-order valence-corrected chi connectivity index (χ0v) is 13.0. The van der Waals surface area contributed by atoms with Crippen molar-refractivity contribution in [2.45, 2.75) is 40.2 Å². The average Bonchev–Trinajstić information content (AvgIpc) is 2.35. The molecule has 20 heavy (non-hydrogen) atoms. The molecule has 1 heterocycles. The maximum absolute atomic E-state index is 12.8. The van der Waals surface area contributed by atoms with Crippen LogP contribution in [0.3, 0.4) is 0 Å². The summed E-state index contributed by atoms with van der Waals surface area (Å²) >= 11 is 0. The smallest absolute Gasteiger partial charge is 0.141 e. The van der Waals surface area contributed by atoms with Gasteiger partial charge in [0.05, 0.1) is 18.0 Å². The Balaban J connectivity index is 2.50. The summed E-state index contributed by atoms with van der Waals surface area (Å²) in [7, 11) is 0. The molecule has 3 nitrogen and oxygen atoms in total. The predicted octanol–water partition coefficient (Wildman–Crippen LogP) is 3.26. The average molecular weight is 282 g/mol. The van der Waals surface area contributed by atoms with Gasteiger partial charge < -0.3 is 10.0 Å². The first-order valence-electron chi connectivity index (χ1n) is 7.40. The van der Waals surface area contributed by atoms with Gasteiger partial charge in [0, 0.05) is 19.6 Å². The number of nitrogens with zero attached hydrogens (tertiary/aromatic N) is 2. The lowest BCUT2D eigenvalue weighted by atomic mass is 10.1. The fourth-order valence-corrected chi connectivity index (χ4v) is 2.33. The van der Waals surface area contributed by atoms with E-state index in [2.05, 4.69) is 37.6 Å². The lowest BCUT2D eigenvalue weighted by Gasteiger charge is -2.27. The lowest BCUT2D eigenvalue weighted by molar-refractivity contribution is 0.128. The number of halogens is 1. The highest BCUT2D eigenvalue weighted by Crippen LogP contribution is 2.16. The fraction of sp³-hybridized carbons (Fsp3) is 0.688. The Kier molecular flexibility index (Phi) is 7.10. The largest absolute Gasteiger partial charge is 0.387 e. The SMILES string of the molecule is CC(C)CN(CCC(O)c1ccc(F)cn1)CC(C)C. The molecule has 1 aromatic rings. The zero-order valence-electron chi connectivity index (χ0n) is 13.0. The minimum atomic E-state index is -0.627. The summed E-state index contributed by atoms with van der Waals surface area (Å²) < 4.78 is 12.8. The van der Waals surface area contributed by atoms with Gasteiger partial charge in [0.25, 0.3) is 0 Å². The molecule has 0 aliphatic carbocycles. The van der Waals surface area contributed by atoms with E-state index in [1.165, 1.54) is 6.07 Å². The van der Waals surface area contributed by atoms with Crippen LogP contribution in [-0.4, -0.2) is 34.6 Å². The predicted molar refractivity (Wildman–Crippen MR) is 79.9 cm³/mol. The summed E-state index contributed by atoms with van der Waals surface area (Å²) in [5.41, 5.74) is 0.542. The van der Waals surface area contributed by atoms with Gasteiger partial charge in [0.15, 0.2) is 0 Å². The maximum Gasteiger partial charge on any atom is 0.141 e. The Hall–Kier alpha value is -1.00. The molecule has 0 bridgehead atoms. The molecule has 1 atom stereocenters. The second-order valence-electron chi connectivity index (χ2n) is 6.25. The molecule has 1 N–H and O–H groups in total. The Morgan fingerprint density at radius 3 is 2.20 bits per heavy atom. The van der Waals surface area contributed by atoms with E-state index in [-0.39, 0.29) is 5.82 Å². The van der Waals surface area contributed by atoms with Gasteiger partial charge in [-0.25, -0.2) is 4.39 Å². The second-order valence-corrected chi connectivity index (χ2v) is 6.25. The van der Waals surface area contributed by atoms with Crippen LogP contribution in [-0.2, 0) is 0 Å². The maximum atomic E-state index is 12.8. The van der Waals surface area contributed by atoms with Crippen LogP contribution in [0.2, 0.25) is 0 Å². The van der Waals surface area contributed by atoms with Crippen molar-refractivity contribution in [3.63, 3.8) is 0 Å². The highest BCUT2D eigenvalue weighted by Gasteiger charge is 2.14. The molecule has 114 valence electrons. The molecule has 1 rings (SSSR count). The van der Waals surface area contributed by atoms with Gasteiger partial charge in [-0.15, -0.1) is 0 Å². The zero-order chi connectivity index (χ0) is 15.1. The Morgan fingerprint density at radius 2 is 1.75 bits per heavy atom. The van der Waals surface area contributed by atoms with E-state index in [1.54, 1.807) is 6.07 Å². The standard InChI is InChI=1S/C16H27FN2O/c1-12(2)10-19(11-13(3)4)8-7-16(20)15-6-5-14(17)9-18-15/h5-6,9,12-13,16,20H,7-8,10-11H2,1-4H3. The normalized spacial score (nSPS) is 13.4. The molecular weight excluding hydrogens is 255 g/mol. The lowest BCUT2D eigenvalue weighted by Crippen LogP contribution is -2.33. The minimum Gasteiger partial charge on any atom is -0.387 e. The summed E-state index contributed by atoms with van der Waals surface area (Å²) in [4.78, 5) is 6.31. The summed E-state index contributed by atoms with van der Waals surface area (Å²) in [6, 6.07) is 2.89. The van der Waals surface area contributed by atoms with Gasteiger partial charge in [0.1, 0.15) is 5.82 Å². The highest BCUT2D eigenvalue weighted by molar-refractivity contribution is 5.07. The number of aliphatic hydroxyl groups is 1. The third-order valence-electron chi connectivity index (χ3n) is 3.06. The van der Waals surface area contributed by atoms with Crippen molar-refractivity contribution in [3.05, 3.63) is 29.8 Å². The summed E-state index contributed by atoms with van der Waals surface area (Å²) in [5.74, 6) is 0.840. The molecule has 0 aliphatic rings. The van der Waals surface area contributed by atoms with Crippen molar-refractivity contribution >= 4 is 0 Å². The van der Waals surface area contributed by atoms with Gasteiger partial charge in [-0.05, 0) is 30.4 Å². The van der Waals surface area contributed by atoms with Gasteiger partial charge in [-0.2, -0.15) is 0 Å². The molecule has 0 aromatic carbocycles. The van der Waals surface area contributed by atoms with Crippen molar-refractivity contribution < 1.29 is 9.50 Å². The van der Waals surface area contributed by atoms with Gasteiger partial charge in [-0.1, -0.05) is 27.7 Å². The number of hydrogen-bond acceptors (Lipinski definition) is 3. The van der Waals surface area contributed by atoms with Crippen LogP contribution in [0.1, 0.15) is 45.9 Å². The third kappa shape index (κ3) is 6.44. The molecule has 0 fully saturated rings. The van der Waals surface area contributed by atoms with Crippen LogP contribution in [0.5, 0.6) is 0 Å². The first-order valence-corrected chi connectivity index (χ1v) is 7.40. The van der Waals surface area contributed by atoms with Crippen molar-refractivity contribution in [1.29, 1.82) is 0 Å². The van der Waals surface area contributed by atoms with E-state index >= 15 is 0 Å². The van der Waals surface area contributed by atoms with E-state index in [9.17, 15) is 9.50 Å². The van der Waals surface area contributed by atoms with Crippen LogP contribution in [0, 0.1) is 17.7 Å². The Morgan fingerprint density at radius 1 is 1.15 bits per heavy atom. The van der Waals surface area contributed by atoms with Crippen LogP contribution in [0.4, 0.5) is 4.39 Å². The number of rotatable bonds is 8. The second kappa shape index (κ2) is 8.32. The number of hydrogen-bond donors (Lipinski definition) is 1. The molecule has 4 heteroatoms. The molecule has 0 spiro atoms. The monoisotopic (exact) mass is 282 g/mol. The van der Waals surface area contributed by atoms with E-state index in [1.807, 2.05) is 0 Å². The molecule has 0 aliphatic heterocycles. The fourth-order valence-electron chi connectivity index (χ4n) is 2.33. The summed E-state index contributed by atoms with van der Waals surface area (Å²) in [6.45, 7) is 11.7. The Labute approximate surface area is 121 Å². The molecule has 1 unspecified atom stereocenters. The van der Waals surface area contributed by atoms with E-state index < -0.39 is 6.10 Å². The van der Waals surface area contributed by atoms with Gasteiger partial charge in [-0.3, -0.25) is 4.98 Å². The first-order chi connectivity index (χ1) is 9.38. The van der Waals surface area contributed by atoms with Crippen LogP contribution in [0.15, 0.2) is 18.3 Å².